The van der Waals surface area contributed by atoms with Gasteiger partial charge in [0.15, 0.2) is 0 Å². The minimum atomic E-state index is -0.0941. The zero-order chi connectivity index (χ0) is 17.5. The van der Waals surface area contributed by atoms with Crippen molar-refractivity contribution in [1.29, 1.82) is 0 Å². The van der Waals surface area contributed by atoms with Crippen molar-refractivity contribution in [3.8, 4) is 0 Å². The molecule has 2 aromatic heterocycles. The van der Waals surface area contributed by atoms with Crippen LogP contribution in [0.4, 0.5) is 11.5 Å². The highest BCUT2D eigenvalue weighted by molar-refractivity contribution is 7.08. The molecule has 0 aromatic carbocycles. The smallest absolute Gasteiger partial charge is 0.252 e. The third-order valence-electron chi connectivity index (χ3n) is 4.11. The van der Waals surface area contributed by atoms with Gasteiger partial charge in [-0.3, -0.25) is 9.59 Å². The molecule has 1 fully saturated rings. The monoisotopic (exact) mass is 358 g/mol. The standard InChI is InChI=1S/C18H22N4O2S/c23-17(4-3-8-19-18(24)14-7-11-25-13-14)21-15-5-6-16(20-12-15)22-9-1-2-10-22/h5-7,11-13H,1-4,8-10H2,(H,19,24)(H,21,23). The Balaban J connectivity index is 1.36. The predicted molar refractivity (Wildman–Crippen MR) is 100 cm³/mol. The first-order valence-electron chi connectivity index (χ1n) is 8.53. The molecule has 0 atom stereocenters. The van der Waals surface area contributed by atoms with Crippen molar-refractivity contribution in [2.75, 3.05) is 29.9 Å². The molecular formula is C18H22N4O2S. The van der Waals surface area contributed by atoms with Crippen molar-refractivity contribution in [2.24, 2.45) is 0 Å². The Bertz CT molecular complexity index is 694. The van der Waals surface area contributed by atoms with E-state index in [1.807, 2.05) is 17.5 Å². The summed E-state index contributed by atoms with van der Waals surface area (Å²) in [5, 5.41) is 9.33. The molecule has 3 heterocycles. The van der Waals surface area contributed by atoms with E-state index in [2.05, 4.69) is 20.5 Å². The Kier molecular flexibility index (Phi) is 6.00. The van der Waals surface area contributed by atoms with Crippen LogP contribution in [0.3, 0.4) is 0 Å². The van der Waals surface area contributed by atoms with Crippen LogP contribution in [0.5, 0.6) is 0 Å². The second-order valence-electron chi connectivity index (χ2n) is 6.02. The average molecular weight is 358 g/mol. The number of hydrogen-bond donors (Lipinski definition) is 2. The second-order valence-corrected chi connectivity index (χ2v) is 6.80. The fourth-order valence-electron chi connectivity index (χ4n) is 2.76. The van der Waals surface area contributed by atoms with Gasteiger partial charge >= 0.3 is 0 Å². The summed E-state index contributed by atoms with van der Waals surface area (Å²) in [6.45, 7) is 2.58. The van der Waals surface area contributed by atoms with Gasteiger partial charge in [0.1, 0.15) is 5.82 Å². The van der Waals surface area contributed by atoms with Crippen molar-refractivity contribution in [1.82, 2.24) is 10.3 Å². The Hall–Kier alpha value is -2.41. The van der Waals surface area contributed by atoms with Crippen molar-refractivity contribution < 1.29 is 9.59 Å². The van der Waals surface area contributed by atoms with Gasteiger partial charge in [-0.05, 0) is 42.8 Å². The lowest BCUT2D eigenvalue weighted by Crippen LogP contribution is -2.25. The molecule has 2 amide bonds. The number of anilines is 2. The lowest BCUT2D eigenvalue weighted by atomic mass is 10.2. The molecule has 0 radical (unpaired) electrons. The first kappa shape index (κ1) is 17.4. The molecule has 25 heavy (non-hydrogen) atoms. The van der Waals surface area contributed by atoms with Gasteiger partial charge in [-0.1, -0.05) is 0 Å². The first-order valence-corrected chi connectivity index (χ1v) is 9.48. The van der Waals surface area contributed by atoms with E-state index < -0.39 is 0 Å². The summed E-state index contributed by atoms with van der Waals surface area (Å²) in [5.41, 5.74) is 1.37. The van der Waals surface area contributed by atoms with Gasteiger partial charge in [0.2, 0.25) is 5.91 Å². The number of carbonyl (C=O) groups excluding carboxylic acids is 2. The highest BCUT2D eigenvalue weighted by atomic mass is 32.1. The molecule has 132 valence electrons. The Morgan fingerprint density at radius 1 is 1.20 bits per heavy atom. The maximum Gasteiger partial charge on any atom is 0.252 e. The molecule has 1 aliphatic heterocycles. The number of carbonyl (C=O) groups is 2. The summed E-state index contributed by atoms with van der Waals surface area (Å²) >= 11 is 1.49. The molecular weight excluding hydrogens is 336 g/mol. The Morgan fingerprint density at radius 2 is 2.04 bits per heavy atom. The third-order valence-corrected chi connectivity index (χ3v) is 4.79. The maximum atomic E-state index is 12.0. The molecule has 0 aliphatic carbocycles. The highest BCUT2D eigenvalue weighted by Crippen LogP contribution is 2.19. The summed E-state index contributed by atoms with van der Waals surface area (Å²) in [7, 11) is 0. The molecule has 0 unspecified atom stereocenters. The second kappa shape index (κ2) is 8.62. The van der Waals surface area contributed by atoms with Crippen LogP contribution in [-0.4, -0.2) is 36.4 Å². The maximum absolute atomic E-state index is 12.0. The predicted octanol–water partition coefficient (Wildman–Crippen LogP) is 2.89. The van der Waals surface area contributed by atoms with Gasteiger partial charge in [-0.15, -0.1) is 0 Å². The van der Waals surface area contributed by atoms with Crippen molar-refractivity contribution in [3.05, 3.63) is 40.7 Å². The molecule has 3 rings (SSSR count). The Morgan fingerprint density at radius 3 is 2.72 bits per heavy atom. The SMILES string of the molecule is O=C(CCCNC(=O)c1ccsc1)Nc1ccc(N2CCCC2)nc1. The Labute approximate surface area is 151 Å². The van der Waals surface area contributed by atoms with Gasteiger partial charge in [0.25, 0.3) is 5.91 Å². The molecule has 0 spiro atoms. The number of thiophene rings is 1. The van der Waals surface area contributed by atoms with E-state index in [4.69, 9.17) is 0 Å². The zero-order valence-corrected chi connectivity index (χ0v) is 14.8. The van der Waals surface area contributed by atoms with Crippen LogP contribution >= 0.6 is 11.3 Å². The molecule has 0 bridgehead atoms. The summed E-state index contributed by atoms with van der Waals surface area (Å²) in [6, 6.07) is 5.62. The van der Waals surface area contributed by atoms with E-state index in [-0.39, 0.29) is 11.8 Å². The molecule has 2 N–H and O–H groups in total. The van der Waals surface area contributed by atoms with Crippen molar-refractivity contribution in [3.63, 3.8) is 0 Å². The summed E-state index contributed by atoms with van der Waals surface area (Å²) in [5.74, 6) is 0.801. The van der Waals surface area contributed by atoms with Gasteiger partial charge < -0.3 is 15.5 Å². The summed E-state index contributed by atoms with van der Waals surface area (Å²) in [4.78, 5) is 30.4. The molecule has 2 aromatic rings. The van der Waals surface area contributed by atoms with E-state index in [0.29, 0.717) is 30.6 Å². The number of aromatic nitrogens is 1. The molecule has 0 saturated carbocycles. The number of hydrogen-bond acceptors (Lipinski definition) is 5. The van der Waals surface area contributed by atoms with Gasteiger partial charge in [0, 0.05) is 37.0 Å². The van der Waals surface area contributed by atoms with E-state index in [9.17, 15) is 9.59 Å². The largest absolute Gasteiger partial charge is 0.357 e. The van der Waals surface area contributed by atoms with Crippen LogP contribution in [-0.2, 0) is 4.79 Å². The van der Waals surface area contributed by atoms with E-state index >= 15 is 0 Å². The number of amides is 2. The topological polar surface area (TPSA) is 74.3 Å². The quantitative estimate of drug-likeness (QED) is 0.747. The number of pyridine rings is 1. The lowest BCUT2D eigenvalue weighted by molar-refractivity contribution is -0.116. The normalized spacial score (nSPS) is 13.7. The molecule has 1 saturated heterocycles. The zero-order valence-electron chi connectivity index (χ0n) is 14.0. The lowest BCUT2D eigenvalue weighted by Gasteiger charge is -2.16. The van der Waals surface area contributed by atoms with Crippen molar-refractivity contribution >= 4 is 34.7 Å². The van der Waals surface area contributed by atoms with Crippen LogP contribution in [0.1, 0.15) is 36.0 Å². The number of nitrogens with zero attached hydrogens (tertiary/aromatic N) is 2. The van der Waals surface area contributed by atoms with Crippen LogP contribution < -0.4 is 15.5 Å². The summed E-state index contributed by atoms with van der Waals surface area (Å²) in [6.07, 6.45) is 5.08. The summed E-state index contributed by atoms with van der Waals surface area (Å²) < 4.78 is 0. The highest BCUT2D eigenvalue weighted by Gasteiger charge is 2.13. The number of rotatable bonds is 7. The van der Waals surface area contributed by atoms with Gasteiger partial charge in [-0.25, -0.2) is 4.98 Å². The van der Waals surface area contributed by atoms with Gasteiger partial charge in [0.05, 0.1) is 11.9 Å². The fraction of sp³-hybridized carbons (Fsp3) is 0.389. The van der Waals surface area contributed by atoms with Crippen LogP contribution in [0.2, 0.25) is 0 Å². The van der Waals surface area contributed by atoms with Crippen molar-refractivity contribution in [2.45, 2.75) is 25.7 Å². The van der Waals surface area contributed by atoms with E-state index in [1.165, 1.54) is 24.2 Å². The molecule has 7 heteroatoms. The third kappa shape index (κ3) is 5.03. The van der Waals surface area contributed by atoms with E-state index in [1.54, 1.807) is 17.6 Å². The van der Waals surface area contributed by atoms with Gasteiger partial charge in [-0.2, -0.15) is 11.3 Å². The van der Waals surface area contributed by atoms with E-state index in [0.717, 1.165) is 18.9 Å². The minimum Gasteiger partial charge on any atom is -0.357 e. The first-order chi connectivity index (χ1) is 12.2. The average Bonchev–Trinajstić information content (AvgIpc) is 3.32. The fourth-order valence-corrected chi connectivity index (χ4v) is 3.40. The van der Waals surface area contributed by atoms with Crippen LogP contribution in [0.15, 0.2) is 35.2 Å². The molecule has 1 aliphatic rings. The number of nitrogens with one attached hydrogen (secondary N) is 2. The molecule has 6 nitrogen and oxygen atoms in total. The minimum absolute atomic E-state index is 0.0690. The van der Waals surface area contributed by atoms with Crippen LogP contribution in [0.25, 0.3) is 0 Å². The van der Waals surface area contributed by atoms with Crippen LogP contribution in [0, 0.1) is 0 Å².